The van der Waals surface area contributed by atoms with Crippen LogP contribution in [0.5, 0.6) is 0 Å². The summed E-state index contributed by atoms with van der Waals surface area (Å²) in [6.07, 6.45) is 5.19. The summed E-state index contributed by atoms with van der Waals surface area (Å²) >= 11 is 0. The number of rotatable bonds is 17. The Morgan fingerprint density at radius 3 is 1.33 bits per heavy atom. The van der Waals surface area contributed by atoms with Crippen molar-refractivity contribution in [3.05, 3.63) is 196 Å². The molecule has 9 aromatic rings. The highest BCUT2D eigenvalue weighted by Gasteiger charge is 2.58. The van der Waals surface area contributed by atoms with Crippen LogP contribution in [0.1, 0.15) is 74.1 Å². The lowest BCUT2D eigenvalue weighted by molar-refractivity contribution is -0.207. The number of aromatic nitrogens is 11. The molecule has 3 N–H and O–H groups in total. The molecule has 3 saturated heterocycles. The number of anilines is 4. The summed E-state index contributed by atoms with van der Waals surface area (Å²) < 4.78 is 79.5. The van der Waals surface area contributed by atoms with Crippen LogP contribution in [0.3, 0.4) is 0 Å². The number of hydrogen-bond donors (Lipinski definition) is 3. The standard InChI is InChI=1S/C37H36F4N10O3.C28H38BN5O4.CH4/c1-35(2,53)21-51-34(52)50(24-44-51)30-11-9-29(10-12-30)48-17-15-47(16-18-48)28-7-3-25(4-8-28)26-5-14-33(42-20-26)37(40,41)36(54,22-49-23-43-45-46-49)31-13-6-27(38)19-32(31)39;1-26(2,36)19-34-25(35)33(20-30-34)24-13-11-23(12-14-24)32-17-15-31(16-18-32)22-9-7-21(8-10-22)29-37-27(3,4)28(5,6)38-29;/h3-14,19-20,23-24,53-54H,15-18,21-22H2,1-2H3;7-14,20,36H,15-19H2,1-6H3;1H4/t36-;;/m0../s1. The van der Waals surface area contributed by atoms with Crippen LogP contribution in [-0.2, 0) is 40.5 Å². The highest BCUT2D eigenvalue weighted by atomic mass is 19.3. The van der Waals surface area contributed by atoms with Crippen LogP contribution in [0.15, 0.2) is 162 Å². The molecule has 3 fully saturated rings. The zero-order valence-electron chi connectivity index (χ0n) is 52.5. The van der Waals surface area contributed by atoms with Gasteiger partial charge in [-0.3, -0.25) is 4.98 Å². The molecule has 0 radical (unpaired) electrons. The van der Waals surface area contributed by atoms with Gasteiger partial charge in [0.05, 0.1) is 53.4 Å². The number of alkyl halides is 2. The molecule has 4 aromatic heterocycles. The van der Waals surface area contributed by atoms with E-state index in [9.17, 15) is 33.7 Å². The predicted octanol–water partition coefficient (Wildman–Crippen LogP) is 7.20. The van der Waals surface area contributed by atoms with Gasteiger partial charge in [0.1, 0.15) is 36.3 Å². The van der Waals surface area contributed by atoms with E-state index in [1.807, 2.05) is 72.8 Å². The number of pyridine rings is 1. The maximum Gasteiger partial charge on any atom is 0.494 e. The van der Waals surface area contributed by atoms with Crippen molar-refractivity contribution in [2.24, 2.45) is 0 Å². The number of halogens is 4. The number of hydrogen-bond acceptors (Lipinski definition) is 17. The van der Waals surface area contributed by atoms with E-state index in [1.165, 1.54) is 49.1 Å². The van der Waals surface area contributed by atoms with Gasteiger partial charge in [-0.15, -0.1) is 5.10 Å². The smallest absolute Gasteiger partial charge is 0.399 e. The molecule has 5 aromatic carbocycles. The third-order valence-corrected chi connectivity index (χ3v) is 17.2. The van der Waals surface area contributed by atoms with Gasteiger partial charge in [-0.2, -0.15) is 19.0 Å². The Hall–Kier alpha value is -9.02. The fourth-order valence-corrected chi connectivity index (χ4v) is 11.4. The largest absolute Gasteiger partial charge is 0.494 e. The fourth-order valence-electron chi connectivity index (χ4n) is 11.4. The van der Waals surface area contributed by atoms with Gasteiger partial charge in [0.2, 0.25) is 0 Å². The van der Waals surface area contributed by atoms with E-state index in [-0.39, 0.29) is 50.2 Å². The Morgan fingerprint density at radius 2 is 0.946 bits per heavy atom. The van der Waals surface area contributed by atoms with Crippen LogP contribution >= 0.6 is 0 Å². The quantitative estimate of drug-likeness (QED) is 0.0605. The number of tetrazole rings is 1. The Kier molecular flexibility index (Phi) is 18.8. The van der Waals surface area contributed by atoms with E-state index >= 15 is 8.78 Å². The van der Waals surface area contributed by atoms with Gasteiger partial charge in [-0.05, 0) is 168 Å². The lowest BCUT2D eigenvalue weighted by Crippen LogP contribution is -2.48. The summed E-state index contributed by atoms with van der Waals surface area (Å²) in [6.45, 7) is 20.8. The van der Waals surface area contributed by atoms with Gasteiger partial charge in [0, 0.05) is 98.5 Å². The van der Waals surface area contributed by atoms with Crippen LogP contribution in [0.25, 0.3) is 22.5 Å². The van der Waals surface area contributed by atoms with Gasteiger partial charge in [-0.25, -0.2) is 41.5 Å². The molecule has 490 valence electrons. The highest BCUT2D eigenvalue weighted by molar-refractivity contribution is 6.62. The van der Waals surface area contributed by atoms with Crippen LogP contribution in [-0.4, -0.2) is 151 Å². The summed E-state index contributed by atoms with van der Waals surface area (Å²) in [5, 5.41) is 50.1. The van der Waals surface area contributed by atoms with Crippen molar-refractivity contribution >= 4 is 35.3 Å². The van der Waals surface area contributed by atoms with Gasteiger partial charge in [0.25, 0.3) is 0 Å². The molecular formula is C66H78BF4N15O7. The number of nitrogens with zero attached hydrogens (tertiary/aromatic N) is 15. The SMILES string of the molecule is C.CC(C)(O)Cn1ncn(-c2ccc(N3CCN(c4ccc(-c5ccc(C(F)(F)[C@](O)(Cn6cnnn6)c6ccc(F)cc6F)nc5)cc4)CC3)cc2)c1=O.CC(C)(O)Cn1ncn(-c2ccc(N3CCN(c4ccc(B5OC(C)(C)C(C)(C)O5)cc4)CC3)cc2)c1=O. The maximum atomic E-state index is 16.2. The third-order valence-electron chi connectivity index (χ3n) is 17.2. The Bertz CT molecular complexity index is 4090. The third kappa shape index (κ3) is 14.5. The topological polar surface area (TPSA) is 228 Å². The second kappa shape index (κ2) is 26.2. The van der Waals surface area contributed by atoms with Gasteiger partial charge in [-0.1, -0.05) is 37.8 Å². The molecule has 0 bridgehead atoms. The van der Waals surface area contributed by atoms with Crippen LogP contribution in [0.4, 0.5) is 40.3 Å². The minimum absolute atomic E-state index is 0. The minimum atomic E-state index is -4.16. The molecule has 0 aliphatic carbocycles. The van der Waals surface area contributed by atoms with Crippen molar-refractivity contribution in [1.82, 2.24) is 53.9 Å². The molecule has 7 heterocycles. The normalized spacial score (nSPS) is 16.6. The van der Waals surface area contributed by atoms with Gasteiger partial charge in [0.15, 0.2) is 5.60 Å². The molecular weight excluding hydrogens is 1200 g/mol. The molecule has 3 aliphatic heterocycles. The number of aliphatic hydroxyl groups is 3. The number of benzene rings is 5. The summed E-state index contributed by atoms with van der Waals surface area (Å²) in [5.74, 6) is -6.51. The van der Waals surface area contributed by atoms with Crippen molar-refractivity contribution in [1.29, 1.82) is 0 Å². The molecule has 12 rings (SSSR count). The molecule has 0 spiro atoms. The first kappa shape index (κ1) is 66.9. The molecule has 0 saturated carbocycles. The van der Waals surface area contributed by atoms with E-state index in [0.717, 1.165) is 115 Å². The van der Waals surface area contributed by atoms with Crippen LogP contribution in [0, 0.1) is 11.6 Å². The summed E-state index contributed by atoms with van der Waals surface area (Å²) in [5.41, 5.74) is -0.223. The van der Waals surface area contributed by atoms with E-state index in [1.54, 1.807) is 27.7 Å². The Balaban J connectivity index is 0.000000213. The summed E-state index contributed by atoms with van der Waals surface area (Å²) in [7, 11) is -0.347. The molecule has 1 atom stereocenters. The first-order valence-corrected chi connectivity index (χ1v) is 30.3. The molecule has 0 amide bonds. The maximum absolute atomic E-state index is 16.2. The van der Waals surface area contributed by atoms with E-state index < -0.39 is 52.2 Å². The minimum Gasteiger partial charge on any atom is -0.399 e. The average Bonchev–Trinajstić information content (AvgIpc) is 1.53. The van der Waals surface area contributed by atoms with E-state index in [2.05, 4.69) is 102 Å². The zero-order chi connectivity index (χ0) is 65.5. The second-order valence-electron chi connectivity index (χ2n) is 25.7. The van der Waals surface area contributed by atoms with Crippen molar-refractivity contribution < 1.29 is 42.2 Å². The summed E-state index contributed by atoms with van der Waals surface area (Å²) in [6, 6.07) is 36.2. The molecule has 93 heavy (non-hydrogen) atoms. The highest BCUT2D eigenvalue weighted by Crippen LogP contribution is 2.47. The average molecular weight is 1280 g/mol. The van der Waals surface area contributed by atoms with E-state index in [0.29, 0.717) is 17.3 Å². The second-order valence-corrected chi connectivity index (χ2v) is 25.7. The Morgan fingerprint density at radius 1 is 0.538 bits per heavy atom. The lowest BCUT2D eigenvalue weighted by atomic mass is 9.79. The van der Waals surface area contributed by atoms with Gasteiger partial charge >= 0.3 is 24.4 Å². The van der Waals surface area contributed by atoms with Crippen molar-refractivity contribution in [2.45, 2.75) is 116 Å². The molecule has 3 aliphatic rings. The molecule has 27 heteroatoms. The monoisotopic (exact) mass is 1280 g/mol. The summed E-state index contributed by atoms with van der Waals surface area (Å²) in [4.78, 5) is 38.7. The van der Waals surface area contributed by atoms with Crippen molar-refractivity contribution in [3.63, 3.8) is 0 Å². The zero-order valence-corrected chi connectivity index (χ0v) is 52.5. The Labute approximate surface area is 536 Å². The first-order valence-electron chi connectivity index (χ1n) is 30.3. The molecule has 22 nitrogen and oxygen atoms in total. The predicted molar refractivity (Wildman–Crippen MR) is 348 cm³/mol. The number of piperazine rings is 2. The van der Waals surface area contributed by atoms with Crippen LogP contribution in [0.2, 0.25) is 0 Å². The van der Waals surface area contributed by atoms with Gasteiger partial charge < -0.3 is 44.2 Å². The lowest BCUT2D eigenvalue weighted by Gasteiger charge is -2.37. The molecule has 0 unspecified atom stereocenters. The van der Waals surface area contributed by atoms with Crippen molar-refractivity contribution in [3.8, 4) is 22.5 Å². The van der Waals surface area contributed by atoms with Crippen LogP contribution < -0.4 is 36.4 Å². The van der Waals surface area contributed by atoms with Crippen molar-refractivity contribution in [2.75, 3.05) is 72.0 Å². The first-order chi connectivity index (χ1) is 43.5. The fraction of sp³-hybridized carbons (Fsp3) is 0.394. The van der Waals surface area contributed by atoms with E-state index in [4.69, 9.17) is 9.31 Å².